The largest absolute Gasteiger partial charge is 0.469 e. The van der Waals surface area contributed by atoms with Crippen LogP contribution in [-0.2, 0) is 19.1 Å². The van der Waals surface area contributed by atoms with Gasteiger partial charge in [0.25, 0.3) is 0 Å². The van der Waals surface area contributed by atoms with E-state index in [0.29, 0.717) is 52.9 Å². The molecular formula is C29H29Cl2N3O6S. The number of carbonyl (C=O) groups is 4. The van der Waals surface area contributed by atoms with E-state index in [4.69, 9.17) is 32.7 Å². The maximum atomic E-state index is 13.2. The zero-order chi connectivity index (χ0) is 29.5. The highest BCUT2D eigenvalue weighted by Gasteiger charge is 2.29. The number of ether oxygens (including phenoxy) is 2. The molecule has 216 valence electrons. The van der Waals surface area contributed by atoms with Gasteiger partial charge in [0.15, 0.2) is 0 Å². The summed E-state index contributed by atoms with van der Waals surface area (Å²) in [6, 6.07) is 9.72. The predicted molar refractivity (Wildman–Crippen MR) is 159 cm³/mol. The molecule has 41 heavy (non-hydrogen) atoms. The van der Waals surface area contributed by atoms with Gasteiger partial charge in [-0.3, -0.25) is 14.4 Å². The second-order valence-corrected chi connectivity index (χ2v) is 11.1. The van der Waals surface area contributed by atoms with Gasteiger partial charge < -0.3 is 25.0 Å². The Morgan fingerprint density at radius 3 is 2.46 bits per heavy atom. The van der Waals surface area contributed by atoms with Crippen molar-refractivity contribution in [1.29, 1.82) is 0 Å². The number of benzene rings is 2. The smallest absolute Gasteiger partial charge is 0.412 e. The highest BCUT2D eigenvalue weighted by atomic mass is 35.5. The van der Waals surface area contributed by atoms with Crippen LogP contribution in [0.5, 0.6) is 5.75 Å². The van der Waals surface area contributed by atoms with Crippen LogP contribution in [0.3, 0.4) is 0 Å². The van der Waals surface area contributed by atoms with Crippen molar-refractivity contribution < 1.29 is 28.7 Å². The van der Waals surface area contributed by atoms with Crippen molar-refractivity contribution in [3.05, 3.63) is 69.0 Å². The number of likely N-dealkylation sites (tertiary alicyclic amines) is 1. The third-order valence-corrected chi connectivity index (χ3v) is 8.79. The predicted octanol–water partition coefficient (Wildman–Crippen LogP) is 5.60. The first-order chi connectivity index (χ1) is 19.7. The van der Waals surface area contributed by atoms with Crippen LogP contribution < -0.4 is 15.4 Å². The molecule has 1 atom stereocenters. The van der Waals surface area contributed by atoms with Gasteiger partial charge in [-0.05, 0) is 65.1 Å². The van der Waals surface area contributed by atoms with Gasteiger partial charge in [0.1, 0.15) is 5.75 Å². The van der Waals surface area contributed by atoms with Crippen LogP contribution in [0.15, 0.2) is 47.9 Å². The number of nitrogens with one attached hydrogen (secondary N) is 2. The molecule has 1 fully saturated rings. The minimum absolute atomic E-state index is 0.0657. The van der Waals surface area contributed by atoms with Crippen molar-refractivity contribution in [1.82, 2.24) is 15.5 Å². The minimum Gasteiger partial charge on any atom is -0.469 e. The Labute approximate surface area is 251 Å². The number of hydrogen-bond acceptors (Lipinski definition) is 7. The number of halogens is 2. The average molecular weight is 619 g/mol. The fraction of sp³-hybridized carbons (Fsp3) is 0.310. The molecule has 1 unspecified atom stereocenters. The second kappa shape index (κ2) is 13.8. The van der Waals surface area contributed by atoms with Crippen molar-refractivity contribution in [3.8, 4) is 5.75 Å². The van der Waals surface area contributed by atoms with Crippen molar-refractivity contribution >= 4 is 74.6 Å². The Balaban J connectivity index is 1.35. The SMILES string of the molecule is CNC(=O)Oc1ccc(C(CC(=O)OC)NC(=O)C2CCN(C(=O)/C=C/c3cc4ccsc4c(Cl)c3Cl)CC2)cc1. The molecule has 0 spiro atoms. The van der Waals surface area contributed by atoms with Crippen LogP contribution in [0, 0.1) is 5.92 Å². The molecule has 0 aliphatic carbocycles. The zero-order valence-electron chi connectivity index (χ0n) is 22.4. The van der Waals surface area contributed by atoms with E-state index in [1.54, 1.807) is 35.2 Å². The molecule has 1 aromatic heterocycles. The summed E-state index contributed by atoms with van der Waals surface area (Å²) in [4.78, 5) is 51.2. The fourth-order valence-corrected chi connectivity index (χ4v) is 5.98. The number of nitrogens with zero attached hydrogens (tertiary/aromatic N) is 1. The van der Waals surface area contributed by atoms with Gasteiger partial charge in [-0.2, -0.15) is 0 Å². The highest BCUT2D eigenvalue weighted by molar-refractivity contribution is 7.18. The quantitative estimate of drug-likeness (QED) is 0.251. The average Bonchev–Trinajstić information content (AvgIpc) is 3.46. The molecule has 0 bridgehead atoms. The maximum absolute atomic E-state index is 13.2. The minimum atomic E-state index is -0.635. The third-order valence-electron chi connectivity index (χ3n) is 6.85. The molecule has 0 radical (unpaired) electrons. The Kier molecular flexibility index (Phi) is 10.3. The maximum Gasteiger partial charge on any atom is 0.412 e. The summed E-state index contributed by atoms with van der Waals surface area (Å²) >= 11 is 14.3. The van der Waals surface area contributed by atoms with E-state index in [9.17, 15) is 19.2 Å². The molecule has 2 aromatic carbocycles. The van der Waals surface area contributed by atoms with Crippen molar-refractivity contribution in [2.75, 3.05) is 27.2 Å². The number of methoxy groups -OCH3 is 1. The normalized spacial score (nSPS) is 14.6. The van der Waals surface area contributed by atoms with E-state index in [0.717, 1.165) is 10.1 Å². The van der Waals surface area contributed by atoms with Gasteiger partial charge in [-0.25, -0.2) is 4.79 Å². The first kappa shape index (κ1) is 30.4. The molecular weight excluding hydrogens is 589 g/mol. The zero-order valence-corrected chi connectivity index (χ0v) is 24.8. The van der Waals surface area contributed by atoms with Crippen LogP contribution in [-0.4, -0.2) is 56.0 Å². The Bertz CT molecular complexity index is 1470. The molecule has 2 heterocycles. The lowest BCUT2D eigenvalue weighted by molar-refractivity contribution is -0.141. The number of esters is 1. The third kappa shape index (κ3) is 7.58. The second-order valence-electron chi connectivity index (χ2n) is 9.42. The monoisotopic (exact) mass is 617 g/mol. The molecule has 12 heteroatoms. The van der Waals surface area contributed by atoms with Gasteiger partial charge in [-0.15, -0.1) is 11.3 Å². The summed E-state index contributed by atoms with van der Waals surface area (Å²) in [5.41, 5.74) is 1.32. The number of hydrogen-bond donors (Lipinski definition) is 2. The van der Waals surface area contributed by atoms with E-state index in [-0.39, 0.29) is 24.2 Å². The number of carbonyl (C=O) groups excluding carboxylic acids is 4. The molecule has 0 saturated carbocycles. The first-order valence-corrected chi connectivity index (χ1v) is 14.5. The van der Waals surface area contributed by atoms with Crippen LogP contribution in [0.2, 0.25) is 10.0 Å². The molecule has 1 aliphatic rings. The molecule has 1 aliphatic heterocycles. The van der Waals surface area contributed by atoms with Gasteiger partial charge in [0, 0.05) is 32.1 Å². The topological polar surface area (TPSA) is 114 Å². The molecule has 9 nitrogen and oxygen atoms in total. The number of amides is 3. The fourth-order valence-electron chi connectivity index (χ4n) is 4.54. The number of piperidine rings is 1. The van der Waals surface area contributed by atoms with Crippen LogP contribution in [0.4, 0.5) is 4.79 Å². The molecule has 3 aromatic rings. The lowest BCUT2D eigenvalue weighted by atomic mass is 9.94. The molecule has 2 N–H and O–H groups in total. The summed E-state index contributed by atoms with van der Waals surface area (Å²) in [5, 5.41) is 9.08. The lowest BCUT2D eigenvalue weighted by Crippen LogP contribution is -2.43. The van der Waals surface area contributed by atoms with E-state index < -0.39 is 18.1 Å². The summed E-state index contributed by atoms with van der Waals surface area (Å²) < 4.78 is 10.8. The van der Waals surface area contributed by atoms with E-state index in [2.05, 4.69) is 10.6 Å². The molecule has 4 rings (SSSR count). The van der Waals surface area contributed by atoms with Crippen molar-refractivity contribution in [2.24, 2.45) is 5.92 Å². The van der Waals surface area contributed by atoms with Gasteiger partial charge in [0.05, 0.1) is 34.3 Å². The standard InChI is InChI=1S/C29H29Cl2N3O6S/c1-32-29(38)40-21-6-3-17(4-7-21)22(16-24(36)39-2)33-28(37)18-9-12-34(13-10-18)23(35)8-5-19-15-20-11-14-41-27(20)26(31)25(19)30/h3-8,11,14-15,18,22H,9-10,12-13,16H2,1-2H3,(H,32,38)(H,33,37)/b8-5+. The van der Waals surface area contributed by atoms with Gasteiger partial charge in [-0.1, -0.05) is 35.3 Å². The summed E-state index contributed by atoms with van der Waals surface area (Å²) in [6.45, 7) is 0.818. The van der Waals surface area contributed by atoms with Crippen LogP contribution in [0.25, 0.3) is 16.2 Å². The van der Waals surface area contributed by atoms with Crippen LogP contribution >= 0.6 is 34.5 Å². The van der Waals surface area contributed by atoms with Crippen molar-refractivity contribution in [2.45, 2.75) is 25.3 Å². The van der Waals surface area contributed by atoms with Gasteiger partial charge >= 0.3 is 12.1 Å². The van der Waals surface area contributed by atoms with Gasteiger partial charge in [0.2, 0.25) is 11.8 Å². The number of rotatable bonds is 8. The lowest BCUT2D eigenvalue weighted by Gasteiger charge is -2.31. The Morgan fingerprint density at radius 2 is 1.80 bits per heavy atom. The molecule has 3 amide bonds. The van der Waals surface area contributed by atoms with E-state index >= 15 is 0 Å². The van der Waals surface area contributed by atoms with Crippen molar-refractivity contribution in [3.63, 3.8) is 0 Å². The molecule has 1 saturated heterocycles. The van der Waals surface area contributed by atoms with E-state index in [1.807, 2.05) is 17.5 Å². The summed E-state index contributed by atoms with van der Waals surface area (Å²) in [7, 11) is 2.74. The Hall–Kier alpha value is -3.60. The first-order valence-electron chi connectivity index (χ1n) is 12.9. The summed E-state index contributed by atoms with van der Waals surface area (Å²) in [5.74, 6) is -0.873. The van der Waals surface area contributed by atoms with E-state index in [1.165, 1.54) is 31.6 Å². The number of fused-ring (bicyclic) bond motifs is 1. The van der Waals surface area contributed by atoms with Crippen LogP contribution in [0.1, 0.15) is 36.4 Å². The highest BCUT2D eigenvalue weighted by Crippen LogP contribution is 2.37. The number of thiophene rings is 1. The summed E-state index contributed by atoms with van der Waals surface area (Å²) in [6.07, 6.45) is 3.41. The Morgan fingerprint density at radius 1 is 1.10 bits per heavy atom.